The first-order valence-corrected chi connectivity index (χ1v) is 10.9. The summed E-state index contributed by atoms with van der Waals surface area (Å²) in [5.74, 6) is 1.09. The van der Waals surface area contributed by atoms with Gasteiger partial charge in [-0.2, -0.15) is 0 Å². The van der Waals surface area contributed by atoms with Crippen LogP contribution in [-0.2, 0) is 11.2 Å². The van der Waals surface area contributed by atoms with E-state index in [-0.39, 0.29) is 29.9 Å². The number of benzene rings is 1. The van der Waals surface area contributed by atoms with E-state index in [0.29, 0.717) is 12.5 Å². The van der Waals surface area contributed by atoms with Crippen LogP contribution < -0.4 is 15.5 Å². The third-order valence-electron chi connectivity index (χ3n) is 5.76. The van der Waals surface area contributed by atoms with Gasteiger partial charge in [0.15, 0.2) is 5.96 Å². The molecular formula is C22H36IN5O. The second-order valence-electron chi connectivity index (χ2n) is 7.60. The van der Waals surface area contributed by atoms with Crippen LogP contribution in [0.4, 0.5) is 5.69 Å². The average molecular weight is 513 g/mol. The van der Waals surface area contributed by atoms with Gasteiger partial charge in [-0.05, 0) is 57.3 Å². The van der Waals surface area contributed by atoms with Crippen molar-refractivity contribution in [2.24, 2.45) is 4.99 Å². The highest BCUT2D eigenvalue weighted by Crippen LogP contribution is 2.27. The van der Waals surface area contributed by atoms with Gasteiger partial charge in [0.1, 0.15) is 0 Å². The quantitative estimate of drug-likeness (QED) is 0.243. The van der Waals surface area contributed by atoms with E-state index in [9.17, 15) is 4.79 Å². The zero-order chi connectivity index (χ0) is 19.8. The number of aliphatic imine (C=N–C) groups is 1. The standard InChI is InChI=1S/C22H35N5O.HI/c1-3-23-22(25-17-19-10-8-15-26(19)4-2)24-14-7-12-21(28)27-16-13-18-9-5-6-11-20(18)27;/h5-6,9,11,19H,3-4,7-8,10,12-17H2,1-2H3,(H2,23,24,25);1H. The molecule has 2 aliphatic rings. The third kappa shape index (κ3) is 6.57. The maximum Gasteiger partial charge on any atom is 0.227 e. The van der Waals surface area contributed by atoms with E-state index in [1.807, 2.05) is 17.0 Å². The Hall–Kier alpha value is -1.35. The minimum atomic E-state index is 0. The van der Waals surface area contributed by atoms with Crippen LogP contribution in [0.15, 0.2) is 29.3 Å². The van der Waals surface area contributed by atoms with Crippen LogP contribution in [0.25, 0.3) is 0 Å². The van der Waals surface area contributed by atoms with E-state index in [1.54, 1.807) is 0 Å². The molecule has 0 aliphatic carbocycles. The first-order valence-electron chi connectivity index (χ1n) is 10.9. The molecule has 7 heteroatoms. The number of halogens is 1. The third-order valence-corrected chi connectivity index (χ3v) is 5.76. The SMILES string of the molecule is CCNC(=NCC1CCCN1CC)NCCCC(=O)N1CCc2ccccc21.I. The molecule has 0 spiro atoms. The summed E-state index contributed by atoms with van der Waals surface area (Å²) in [5, 5.41) is 6.71. The number of hydrogen-bond acceptors (Lipinski definition) is 3. The number of nitrogens with zero attached hydrogens (tertiary/aromatic N) is 3. The van der Waals surface area contributed by atoms with Gasteiger partial charge < -0.3 is 15.5 Å². The Morgan fingerprint density at radius 3 is 2.83 bits per heavy atom. The van der Waals surface area contributed by atoms with Crippen molar-refractivity contribution in [3.8, 4) is 0 Å². The summed E-state index contributed by atoms with van der Waals surface area (Å²) in [5.41, 5.74) is 2.37. The number of likely N-dealkylation sites (N-methyl/N-ethyl adjacent to an activating group) is 1. The van der Waals surface area contributed by atoms with E-state index in [0.717, 1.165) is 57.2 Å². The van der Waals surface area contributed by atoms with E-state index >= 15 is 0 Å². The molecule has 0 saturated carbocycles. The van der Waals surface area contributed by atoms with Gasteiger partial charge in [-0.25, -0.2) is 0 Å². The highest BCUT2D eigenvalue weighted by molar-refractivity contribution is 14.0. The summed E-state index contributed by atoms with van der Waals surface area (Å²) in [6, 6.07) is 8.79. The van der Waals surface area contributed by atoms with Crippen molar-refractivity contribution >= 4 is 41.5 Å². The first kappa shape index (κ1) is 23.9. The van der Waals surface area contributed by atoms with Crippen molar-refractivity contribution in [3.05, 3.63) is 29.8 Å². The Labute approximate surface area is 192 Å². The number of para-hydroxylation sites is 1. The number of fused-ring (bicyclic) bond motifs is 1. The van der Waals surface area contributed by atoms with Crippen molar-refractivity contribution in [2.75, 3.05) is 44.2 Å². The molecule has 1 aromatic rings. The second-order valence-corrected chi connectivity index (χ2v) is 7.60. The van der Waals surface area contributed by atoms with Gasteiger partial charge in [0.05, 0.1) is 6.54 Å². The summed E-state index contributed by atoms with van der Waals surface area (Å²) < 4.78 is 0. The van der Waals surface area contributed by atoms with Crippen LogP contribution in [-0.4, -0.2) is 62.1 Å². The molecule has 0 aromatic heterocycles. The molecule has 6 nitrogen and oxygen atoms in total. The summed E-state index contributed by atoms with van der Waals surface area (Å²) in [6.45, 7) is 9.86. The van der Waals surface area contributed by atoms with Crippen LogP contribution >= 0.6 is 24.0 Å². The number of guanidine groups is 1. The predicted molar refractivity (Wildman–Crippen MR) is 131 cm³/mol. The molecule has 0 radical (unpaired) electrons. The molecule has 29 heavy (non-hydrogen) atoms. The first-order chi connectivity index (χ1) is 13.7. The predicted octanol–water partition coefficient (Wildman–Crippen LogP) is 3.01. The number of hydrogen-bond donors (Lipinski definition) is 2. The summed E-state index contributed by atoms with van der Waals surface area (Å²) >= 11 is 0. The van der Waals surface area contributed by atoms with Crippen LogP contribution in [0, 0.1) is 0 Å². The maximum absolute atomic E-state index is 12.6. The van der Waals surface area contributed by atoms with E-state index < -0.39 is 0 Å². The molecular weight excluding hydrogens is 477 g/mol. The van der Waals surface area contributed by atoms with Crippen molar-refractivity contribution in [1.29, 1.82) is 0 Å². The zero-order valence-corrected chi connectivity index (χ0v) is 20.2. The lowest BCUT2D eigenvalue weighted by atomic mass is 10.2. The summed E-state index contributed by atoms with van der Waals surface area (Å²) in [6.07, 6.45) is 4.86. The van der Waals surface area contributed by atoms with Gasteiger partial charge >= 0.3 is 0 Å². The maximum atomic E-state index is 12.6. The Bertz CT molecular complexity index is 681. The normalized spacial score (nSPS) is 19.0. The Kier molecular flexibility index (Phi) is 10.2. The molecule has 162 valence electrons. The minimum Gasteiger partial charge on any atom is -0.357 e. The van der Waals surface area contributed by atoms with Gasteiger partial charge in [-0.15, -0.1) is 24.0 Å². The highest BCUT2D eigenvalue weighted by Gasteiger charge is 2.24. The molecule has 1 amide bonds. The van der Waals surface area contributed by atoms with E-state index in [4.69, 9.17) is 4.99 Å². The van der Waals surface area contributed by atoms with Crippen molar-refractivity contribution in [1.82, 2.24) is 15.5 Å². The van der Waals surface area contributed by atoms with Crippen LogP contribution in [0.5, 0.6) is 0 Å². The number of anilines is 1. The molecule has 1 fully saturated rings. The largest absolute Gasteiger partial charge is 0.357 e. The molecule has 3 rings (SSSR count). The van der Waals surface area contributed by atoms with E-state index in [1.165, 1.54) is 24.9 Å². The van der Waals surface area contributed by atoms with Crippen molar-refractivity contribution in [2.45, 2.75) is 52.0 Å². The molecule has 1 unspecified atom stereocenters. The van der Waals surface area contributed by atoms with Crippen molar-refractivity contribution in [3.63, 3.8) is 0 Å². The molecule has 2 N–H and O–H groups in total. The lowest BCUT2D eigenvalue weighted by molar-refractivity contribution is -0.118. The van der Waals surface area contributed by atoms with Crippen LogP contribution in [0.2, 0.25) is 0 Å². The monoisotopic (exact) mass is 513 g/mol. The lowest BCUT2D eigenvalue weighted by Gasteiger charge is -2.21. The number of likely N-dealkylation sites (tertiary alicyclic amines) is 1. The van der Waals surface area contributed by atoms with Gasteiger partial charge in [-0.1, -0.05) is 25.1 Å². The molecule has 2 heterocycles. The molecule has 2 aliphatic heterocycles. The fourth-order valence-electron chi connectivity index (χ4n) is 4.24. The van der Waals surface area contributed by atoms with Gasteiger partial charge in [-0.3, -0.25) is 14.7 Å². The second kappa shape index (κ2) is 12.4. The summed E-state index contributed by atoms with van der Waals surface area (Å²) in [7, 11) is 0. The van der Waals surface area contributed by atoms with Crippen LogP contribution in [0.1, 0.15) is 45.1 Å². The van der Waals surface area contributed by atoms with Crippen molar-refractivity contribution < 1.29 is 4.79 Å². The Balaban J connectivity index is 0.00000300. The highest BCUT2D eigenvalue weighted by atomic mass is 127. The molecule has 1 atom stereocenters. The van der Waals surface area contributed by atoms with Gasteiger partial charge in [0.25, 0.3) is 0 Å². The summed E-state index contributed by atoms with van der Waals surface area (Å²) in [4.78, 5) is 21.8. The lowest BCUT2D eigenvalue weighted by Crippen LogP contribution is -2.40. The fraction of sp³-hybridized carbons (Fsp3) is 0.636. The van der Waals surface area contributed by atoms with E-state index in [2.05, 4.69) is 41.5 Å². The molecule has 1 saturated heterocycles. The topological polar surface area (TPSA) is 60.0 Å². The zero-order valence-electron chi connectivity index (χ0n) is 17.8. The van der Waals surface area contributed by atoms with Crippen LogP contribution in [0.3, 0.4) is 0 Å². The van der Waals surface area contributed by atoms with Gasteiger partial charge in [0.2, 0.25) is 5.91 Å². The Morgan fingerprint density at radius 1 is 1.21 bits per heavy atom. The smallest absolute Gasteiger partial charge is 0.227 e. The number of carbonyl (C=O) groups is 1. The minimum absolute atomic E-state index is 0. The molecule has 0 bridgehead atoms. The average Bonchev–Trinajstić information content (AvgIpc) is 3.35. The number of rotatable bonds is 8. The number of nitrogens with one attached hydrogen (secondary N) is 2. The fourth-order valence-corrected chi connectivity index (χ4v) is 4.24. The molecule has 1 aromatic carbocycles. The Morgan fingerprint density at radius 2 is 2.03 bits per heavy atom. The number of amides is 1. The van der Waals surface area contributed by atoms with Gasteiger partial charge in [0, 0.05) is 37.8 Å². The number of carbonyl (C=O) groups excluding carboxylic acids is 1.